The zero-order chi connectivity index (χ0) is 14.7. The van der Waals surface area contributed by atoms with Crippen LogP contribution in [0.25, 0.3) is 10.2 Å². The summed E-state index contributed by atoms with van der Waals surface area (Å²) in [4.78, 5) is 4.60. The van der Waals surface area contributed by atoms with Gasteiger partial charge in [-0.05, 0) is 44.2 Å². The van der Waals surface area contributed by atoms with Crippen LogP contribution >= 0.6 is 11.3 Å². The minimum atomic E-state index is 0.267. The molecule has 1 aromatic carbocycles. The summed E-state index contributed by atoms with van der Waals surface area (Å²) in [6.45, 7) is 4.79. The van der Waals surface area contributed by atoms with Crippen molar-refractivity contribution in [3.8, 4) is 5.75 Å². The standard InChI is InChI=1S/C16H18N2O2S/c1-3-19-13-6-7-14-15(10-13)21-16(18-14)17-11(2)9-12-5-4-8-20-12/h4-8,10-11H,3,9H2,1-2H3,(H,17,18). The highest BCUT2D eigenvalue weighted by molar-refractivity contribution is 7.22. The minimum absolute atomic E-state index is 0.267. The lowest BCUT2D eigenvalue weighted by atomic mass is 10.2. The van der Waals surface area contributed by atoms with Gasteiger partial charge < -0.3 is 14.5 Å². The van der Waals surface area contributed by atoms with Gasteiger partial charge >= 0.3 is 0 Å². The number of nitrogens with zero attached hydrogens (tertiary/aromatic N) is 1. The number of aromatic nitrogens is 1. The van der Waals surface area contributed by atoms with Crippen LogP contribution in [0.1, 0.15) is 19.6 Å². The Labute approximate surface area is 127 Å². The molecule has 0 aliphatic rings. The Kier molecular flexibility index (Phi) is 4.10. The van der Waals surface area contributed by atoms with E-state index in [4.69, 9.17) is 9.15 Å². The molecular formula is C16H18N2O2S. The number of hydrogen-bond acceptors (Lipinski definition) is 5. The number of nitrogens with one attached hydrogen (secondary N) is 1. The number of thiazole rings is 1. The van der Waals surface area contributed by atoms with Gasteiger partial charge in [0.1, 0.15) is 11.5 Å². The predicted molar refractivity (Wildman–Crippen MR) is 86.3 cm³/mol. The zero-order valence-electron chi connectivity index (χ0n) is 12.1. The van der Waals surface area contributed by atoms with E-state index in [9.17, 15) is 0 Å². The molecule has 1 atom stereocenters. The zero-order valence-corrected chi connectivity index (χ0v) is 12.9. The Balaban J connectivity index is 1.71. The molecule has 0 amide bonds. The molecule has 0 bridgehead atoms. The Hall–Kier alpha value is -2.01. The number of fused-ring (bicyclic) bond motifs is 1. The lowest BCUT2D eigenvalue weighted by Gasteiger charge is -2.10. The van der Waals surface area contributed by atoms with Crippen molar-refractivity contribution in [3.63, 3.8) is 0 Å². The first kappa shape index (κ1) is 13.9. The Morgan fingerprint density at radius 2 is 2.29 bits per heavy atom. The minimum Gasteiger partial charge on any atom is -0.494 e. The van der Waals surface area contributed by atoms with Crippen LogP contribution in [0, 0.1) is 0 Å². The van der Waals surface area contributed by atoms with Crippen molar-refractivity contribution in [1.82, 2.24) is 4.98 Å². The molecule has 3 aromatic rings. The van der Waals surface area contributed by atoms with E-state index in [1.54, 1.807) is 17.6 Å². The highest BCUT2D eigenvalue weighted by Gasteiger charge is 2.10. The maximum Gasteiger partial charge on any atom is 0.184 e. The Morgan fingerprint density at radius 3 is 3.05 bits per heavy atom. The molecule has 21 heavy (non-hydrogen) atoms. The highest BCUT2D eigenvalue weighted by atomic mass is 32.1. The predicted octanol–water partition coefficient (Wildman–Crippen LogP) is 4.33. The normalized spacial score (nSPS) is 12.5. The number of benzene rings is 1. The second-order valence-electron chi connectivity index (χ2n) is 4.91. The van der Waals surface area contributed by atoms with E-state index >= 15 is 0 Å². The molecule has 0 saturated heterocycles. The van der Waals surface area contributed by atoms with Crippen LogP contribution in [0.2, 0.25) is 0 Å². The van der Waals surface area contributed by atoms with Crippen LogP contribution in [0.4, 0.5) is 5.13 Å². The SMILES string of the molecule is CCOc1ccc2nc(NC(C)Cc3ccco3)sc2c1. The lowest BCUT2D eigenvalue weighted by molar-refractivity contribution is 0.341. The van der Waals surface area contributed by atoms with Gasteiger partial charge in [0.25, 0.3) is 0 Å². The van der Waals surface area contributed by atoms with Crippen molar-refractivity contribution >= 4 is 26.7 Å². The number of ether oxygens (including phenoxy) is 1. The van der Waals surface area contributed by atoms with E-state index in [1.807, 2.05) is 37.3 Å². The van der Waals surface area contributed by atoms with Crippen LogP contribution in [0.5, 0.6) is 5.75 Å². The molecule has 4 nitrogen and oxygen atoms in total. The summed E-state index contributed by atoms with van der Waals surface area (Å²) in [5.41, 5.74) is 0.996. The first-order valence-electron chi connectivity index (χ1n) is 7.07. The van der Waals surface area contributed by atoms with Gasteiger partial charge in [0.05, 0.1) is 23.1 Å². The maximum absolute atomic E-state index is 5.52. The summed E-state index contributed by atoms with van der Waals surface area (Å²) in [5, 5.41) is 4.36. The van der Waals surface area contributed by atoms with Gasteiger partial charge in [0.15, 0.2) is 5.13 Å². The third-order valence-corrected chi connectivity index (χ3v) is 4.08. The molecule has 1 unspecified atom stereocenters. The van der Waals surface area contributed by atoms with Gasteiger partial charge in [-0.25, -0.2) is 4.98 Å². The molecule has 5 heteroatoms. The number of furan rings is 1. The van der Waals surface area contributed by atoms with Crippen molar-refractivity contribution in [2.24, 2.45) is 0 Å². The average molecular weight is 302 g/mol. The van der Waals surface area contributed by atoms with E-state index < -0.39 is 0 Å². The van der Waals surface area contributed by atoms with Gasteiger partial charge in [-0.3, -0.25) is 0 Å². The van der Waals surface area contributed by atoms with Crippen molar-refractivity contribution in [2.75, 3.05) is 11.9 Å². The molecular weight excluding hydrogens is 284 g/mol. The van der Waals surface area contributed by atoms with Gasteiger partial charge in [-0.15, -0.1) is 0 Å². The fraction of sp³-hybridized carbons (Fsp3) is 0.312. The van der Waals surface area contributed by atoms with E-state index in [2.05, 4.69) is 17.2 Å². The largest absolute Gasteiger partial charge is 0.494 e. The third-order valence-electron chi connectivity index (χ3n) is 3.13. The summed E-state index contributed by atoms with van der Waals surface area (Å²) in [6.07, 6.45) is 2.54. The van der Waals surface area contributed by atoms with Crippen molar-refractivity contribution in [1.29, 1.82) is 0 Å². The molecule has 3 rings (SSSR count). The summed E-state index contributed by atoms with van der Waals surface area (Å²) < 4.78 is 12.0. The molecule has 2 heterocycles. The molecule has 0 saturated carbocycles. The number of rotatable bonds is 6. The van der Waals surface area contributed by atoms with Gasteiger partial charge in [0, 0.05) is 12.5 Å². The van der Waals surface area contributed by atoms with E-state index in [0.29, 0.717) is 6.61 Å². The smallest absolute Gasteiger partial charge is 0.184 e. The topological polar surface area (TPSA) is 47.3 Å². The maximum atomic E-state index is 5.52. The molecule has 0 aliphatic heterocycles. The van der Waals surface area contributed by atoms with E-state index in [0.717, 1.165) is 33.3 Å². The van der Waals surface area contributed by atoms with Crippen molar-refractivity contribution in [2.45, 2.75) is 26.3 Å². The van der Waals surface area contributed by atoms with Gasteiger partial charge in [0.2, 0.25) is 0 Å². The van der Waals surface area contributed by atoms with Crippen molar-refractivity contribution in [3.05, 3.63) is 42.4 Å². The monoisotopic (exact) mass is 302 g/mol. The second-order valence-corrected chi connectivity index (χ2v) is 5.94. The molecule has 1 N–H and O–H groups in total. The molecule has 2 aromatic heterocycles. The van der Waals surface area contributed by atoms with Crippen LogP contribution in [0.15, 0.2) is 41.0 Å². The highest BCUT2D eigenvalue weighted by Crippen LogP contribution is 2.29. The van der Waals surface area contributed by atoms with Crippen LogP contribution < -0.4 is 10.1 Å². The molecule has 0 fully saturated rings. The molecule has 0 radical (unpaired) electrons. The van der Waals surface area contributed by atoms with Gasteiger partial charge in [-0.1, -0.05) is 11.3 Å². The molecule has 110 valence electrons. The number of anilines is 1. The number of hydrogen-bond donors (Lipinski definition) is 1. The van der Waals surface area contributed by atoms with E-state index in [-0.39, 0.29) is 6.04 Å². The molecule has 0 spiro atoms. The Morgan fingerprint density at radius 1 is 1.38 bits per heavy atom. The van der Waals surface area contributed by atoms with Gasteiger partial charge in [-0.2, -0.15) is 0 Å². The molecule has 0 aliphatic carbocycles. The van der Waals surface area contributed by atoms with E-state index in [1.165, 1.54) is 0 Å². The van der Waals surface area contributed by atoms with Crippen LogP contribution in [0.3, 0.4) is 0 Å². The lowest BCUT2D eigenvalue weighted by Crippen LogP contribution is -2.17. The average Bonchev–Trinajstić information content (AvgIpc) is 3.07. The first-order chi connectivity index (χ1) is 10.2. The van der Waals surface area contributed by atoms with Crippen LogP contribution in [-0.2, 0) is 6.42 Å². The fourth-order valence-corrected chi connectivity index (χ4v) is 3.22. The first-order valence-corrected chi connectivity index (χ1v) is 7.88. The summed E-state index contributed by atoms with van der Waals surface area (Å²) >= 11 is 1.65. The Bertz CT molecular complexity index is 706. The fourth-order valence-electron chi connectivity index (χ4n) is 2.22. The summed E-state index contributed by atoms with van der Waals surface area (Å²) in [7, 11) is 0. The van der Waals surface area contributed by atoms with Crippen molar-refractivity contribution < 1.29 is 9.15 Å². The summed E-state index contributed by atoms with van der Waals surface area (Å²) in [5.74, 6) is 1.87. The quantitative estimate of drug-likeness (QED) is 0.736. The third kappa shape index (κ3) is 3.36. The second kappa shape index (κ2) is 6.18. The van der Waals surface area contributed by atoms with Crippen LogP contribution in [-0.4, -0.2) is 17.6 Å². The summed E-state index contributed by atoms with van der Waals surface area (Å²) in [6, 6.07) is 10.2.